The third-order valence-electron chi connectivity index (χ3n) is 3.59. The molecule has 24 heavy (non-hydrogen) atoms. The molecule has 1 unspecified atom stereocenters. The molecular weight excluding hydrogens is 370 g/mol. The maximum absolute atomic E-state index is 12.7. The lowest BCUT2D eigenvalue weighted by Gasteiger charge is -2.14. The number of hydrogen-bond donors (Lipinski definition) is 1. The maximum Gasteiger partial charge on any atom is 0.325 e. The molecule has 2 aromatic carbocycles. The van der Waals surface area contributed by atoms with Gasteiger partial charge >= 0.3 is 5.97 Å². The van der Waals surface area contributed by atoms with Crippen LogP contribution in [0, 0.1) is 0 Å². The first kappa shape index (κ1) is 18.2. The van der Waals surface area contributed by atoms with Gasteiger partial charge in [-0.3, -0.25) is 9.59 Å². The standard InChI is InChI=1S/C19H20BrNO3/c1-3-13(2)24-18(22)12-21-17-10-9-15(20)11-16(17)19(23)14-7-5-4-6-8-14/h4-11,13,21H,3,12H2,1-2H3. The molecule has 4 nitrogen and oxygen atoms in total. The molecule has 0 heterocycles. The summed E-state index contributed by atoms with van der Waals surface area (Å²) in [6.07, 6.45) is 0.650. The monoisotopic (exact) mass is 389 g/mol. The number of ether oxygens (including phenoxy) is 1. The average Bonchev–Trinajstić information content (AvgIpc) is 2.60. The Kier molecular flexibility index (Phi) is 6.55. The van der Waals surface area contributed by atoms with Crippen molar-refractivity contribution in [2.75, 3.05) is 11.9 Å². The summed E-state index contributed by atoms with van der Waals surface area (Å²) in [5.74, 6) is -0.444. The second kappa shape index (κ2) is 8.64. The van der Waals surface area contributed by atoms with Crippen molar-refractivity contribution in [3.05, 3.63) is 64.1 Å². The van der Waals surface area contributed by atoms with Crippen molar-refractivity contribution >= 4 is 33.4 Å². The van der Waals surface area contributed by atoms with Crippen LogP contribution in [-0.4, -0.2) is 24.4 Å². The molecule has 1 N–H and O–H groups in total. The molecule has 0 saturated heterocycles. The quantitative estimate of drug-likeness (QED) is 0.561. The Balaban J connectivity index is 2.16. The predicted octanol–water partition coefficient (Wildman–Crippen LogP) is 4.43. The van der Waals surface area contributed by atoms with Crippen LogP contribution < -0.4 is 5.32 Å². The summed E-state index contributed by atoms with van der Waals surface area (Å²) in [6.45, 7) is 3.82. The molecule has 2 rings (SSSR count). The van der Waals surface area contributed by atoms with Crippen molar-refractivity contribution < 1.29 is 14.3 Å². The molecule has 126 valence electrons. The van der Waals surface area contributed by atoms with E-state index in [1.54, 1.807) is 24.3 Å². The first-order chi connectivity index (χ1) is 11.5. The van der Waals surface area contributed by atoms with Crippen LogP contribution >= 0.6 is 15.9 Å². The average molecular weight is 390 g/mol. The molecule has 2 aromatic rings. The molecule has 0 fully saturated rings. The fourth-order valence-corrected chi connectivity index (χ4v) is 2.48. The van der Waals surface area contributed by atoms with Crippen molar-refractivity contribution in [1.82, 2.24) is 0 Å². The van der Waals surface area contributed by atoms with Gasteiger partial charge in [0.05, 0.1) is 6.10 Å². The number of carbonyl (C=O) groups excluding carboxylic acids is 2. The van der Waals surface area contributed by atoms with Crippen LogP contribution in [0.25, 0.3) is 0 Å². The highest BCUT2D eigenvalue weighted by Crippen LogP contribution is 2.24. The summed E-state index contributed by atoms with van der Waals surface area (Å²) in [6, 6.07) is 14.4. The van der Waals surface area contributed by atoms with Gasteiger partial charge in [0.2, 0.25) is 0 Å². The van der Waals surface area contributed by atoms with Gasteiger partial charge in [0, 0.05) is 21.3 Å². The van der Waals surface area contributed by atoms with Gasteiger partial charge in [0.15, 0.2) is 5.78 Å². The van der Waals surface area contributed by atoms with E-state index in [0.29, 0.717) is 16.8 Å². The zero-order chi connectivity index (χ0) is 17.5. The Hall–Kier alpha value is -2.14. The lowest BCUT2D eigenvalue weighted by Crippen LogP contribution is -2.22. The predicted molar refractivity (Wildman–Crippen MR) is 98.4 cm³/mol. The lowest BCUT2D eigenvalue weighted by atomic mass is 10.0. The van der Waals surface area contributed by atoms with E-state index < -0.39 is 0 Å². The number of rotatable bonds is 7. The summed E-state index contributed by atoms with van der Waals surface area (Å²) >= 11 is 3.39. The van der Waals surface area contributed by atoms with Gasteiger partial charge in [0.1, 0.15) is 6.54 Å². The molecule has 0 aromatic heterocycles. The topological polar surface area (TPSA) is 55.4 Å². The van der Waals surface area contributed by atoms with E-state index in [1.165, 1.54) is 0 Å². The maximum atomic E-state index is 12.7. The van der Waals surface area contributed by atoms with E-state index in [1.807, 2.05) is 38.1 Å². The fraction of sp³-hybridized carbons (Fsp3) is 0.263. The van der Waals surface area contributed by atoms with E-state index in [4.69, 9.17) is 4.74 Å². The molecule has 5 heteroatoms. The van der Waals surface area contributed by atoms with E-state index >= 15 is 0 Å². The van der Waals surface area contributed by atoms with E-state index in [0.717, 1.165) is 10.9 Å². The van der Waals surface area contributed by atoms with Crippen molar-refractivity contribution in [2.24, 2.45) is 0 Å². The van der Waals surface area contributed by atoms with Crippen LogP contribution in [0.3, 0.4) is 0 Å². The van der Waals surface area contributed by atoms with Crippen LogP contribution in [0.15, 0.2) is 53.0 Å². The fourth-order valence-electron chi connectivity index (χ4n) is 2.12. The van der Waals surface area contributed by atoms with E-state index in [2.05, 4.69) is 21.2 Å². The number of hydrogen-bond acceptors (Lipinski definition) is 4. The number of esters is 1. The Morgan fingerprint density at radius 2 is 1.88 bits per heavy atom. The van der Waals surface area contributed by atoms with E-state index in [9.17, 15) is 9.59 Å². The summed E-state index contributed by atoms with van der Waals surface area (Å²) in [7, 11) is 0. The molecular formula is C19H20BrNO3. The Labute approximate surface area is 150 Å². The van der Waals surface area contributed by atoms with Crippen LogP contribution in [0.1, 0.15) is 36.2 Å². The number of carbonyl (C=O) groups is 2. The van der Waals surface area contributed by atoms with Gasteiger partial charge in [-0.1, -0.05) is 53.2 Å². The van der Waals surface area contributed by atoms with E-state index in [-0.39, 0.29) is 24.4 Å². The Morgan fingerprint density at radius 3 is 2.54 bits per heavy atom. The molecule has 0 aliphatic rings. The number of nitrogens with one attached hydrogen (secondary N) is 1. The minimum atomic E-state index is -0.342. The molecule has 0 amide bonds. The second-order valence-corrected chi connectivity index (χ2v) is 6.36. The Morgan fingerprint density at radius 1 is 1.17 bits per heavy atom. The number of anilines is 1. The van der Waals surface area contributed by atoms with Crippen molar-refractivity contribution in [2.45, 2.75) is 26.4 Å². The van der Waals surface area contributed by atoms with Crippen molar-refractivity contribution in [3.8, 4) is 0 Å². The molecule has 0 radical (unpaired) electrons. The second-order valence-electron chi connectivity index (χ2n) is 5.45. The molecule has 0 bridgehead atoms. The summed E-state index contributed by atoms with van der Waals surface area (Å²) in [5.41, 5.74) is 1.71. The highest BCUT2D eigenvalue weighted by atomic mass is 79.9. The molecule has 0 saturated carbocycles. The molecule has 0 aliphatic heterocycles. The number of ketones is 1. The van der Waals surface area contributed by atoms with Gasteiger partial charge in [-0.05, 0) is 31.5 Å². The SMILES string of the molecule is CCC(C)OC(=O)CNc1ccc(Br)cc1C(=O)c1ccccc1. The minimum Gasteiger partial charge on any atom is -0.461 e. The zero-order valence-electron chi connectivity index (χ0n) is 13.7. The van der Waals surface area contributed by atoms with Gasteiger partial charge < -0.3 is 10.1 Å². The van der Waals surface area contributed by atoms with Crippen LogP contribution in [0.5, 0.6) is 0 Å². The first-order valence-electron chi connectivity index (χ1n) is 7.84. The number of benzene rings is 2. The highest BCUT2D eigenvalue weighted by molar-refractivity contribution is 9.10. The van der Waals surface area contributed by atoms with Crippen molar-refractivity contribution in [1.29, 1.82) is 0 Å². The largest absolute Gasteiger partial charge is 0.461 e. The van der Waals surface area contributed by atoms with Crippen LogP contribution in [-0.2, 0) is 9.53 Å². The smallest absolute Gasteiger partial charge is 0.325 e. The Bertz CT molecular complexity index is 716. The lowest BCUT2D eigenvalue weighted by molar-refractivity contribution is -0.146. The van der Waals surface area contributed by atoms with Gasteiger partial charge in [-0.15, -0.1) is 0 Å². The van der Waals surface area contributed by atoms with Gasteiger partial charge in [-0.25, -0.2) is 0 Å². The first-order valence-corrected chi connectivity index (χ1v) is 8.63. The summed E-state index contributed by atoms with van der Waals surface area (Å²) in [5, 5.41) is 3.00. The third-order valence-corrected chi connectivity index (χ3v) is 4.09. The number of halogens is 1. The van der Waals surface area contributed by atoms with Crippen molar-refractivity contribution in [3.63, 3.8) is 0 Å². The zero-order valence-corrected chi connectivity index (χ0v) is 15.3. The summed E-state index contributed by atoms with van der Waals surface area (Å²) < 4.78 is 6.03. The van der Waals surface area contributed by atoms with Crippen LogP contribution in [0.2, 0.25) is 0 Å². The van der Waals surface area contributed by atoms with Crippen LogP contribution in [0.4, 0.5) is 5.69 Å². The molecule has 1 atom stereocenters. The minimum absolute atomic E-state index is 0.0149. The third kappa shape index (κ3) is 4.93. The van der Waals surface area contributed by atoms with Gasteiger partial charge in [0.25, 0.3) is 0 Å². The molecule has 0 spiro atoms. The molecule has 0 aliphatic carbocycles. The normalized spacial score (nSPS) is 11.6. The summed E-state index contributed by atoms with van der Waals surface area (Å²) in [4.78, 5) is 24.5. The van der Waals surface area contributed by atoms with Gasteiger partial charge in [-0.2, -0.15) is 0 Å². The highest BCUT2D eigenvalue weighted by Gasteiger charge is 2.15.